The average Bonchev–Trinajstić information content (AvgIpc) is 3.21. The molecule has 0 bridgehead atoms. The lowest BCUT2D eigenvalue weighted by molar-refractivity contribution is 0.0357. The third kappa shape index (κ3) is 3.97. The minimum atomic E-state index is -0.947. The van der Waals surface area contributed by atoms with Crippen molar-refractivity contribution in [3.63, 3.8) is 0 Å². The Morgan fingerprint density at radius 2 is 1.86 bits per heavy atom. The summed E-state index contributed by atoms with van der Waals surface area (Å²) in [7, 11) is 0. The first-order valence-electron chi connectivity index (χ1n) is 7.53. The number of aliphatic hydroxyl groups is 1. The first kappa shape index (κ1) is 15.8. The number of benzene rings is 1. The second kappa shape index (κ2) is 6.06. The average molecular weight is 291 g/mol. The van der Waals surface area contributed by atoms with Crippen LogP contribution in [0.1, 0.15) is 45.3 Å². The van der Waals surface area contributed by atoms with Crippen LogP contribution in [0.2, 0.25) is 0 Å². The van der Waals surface area contributed by atoms with Crippen LogP contribution in [0.3, 0.4) is 0 Å². The molecule has 1 saturated carbocycles. The third-order valence-electron chi connectivity index (χ3n) is 4.09. The van der Waals surface area contributed by atoms with E-state index in [2.05, 4.69) is 20.8 Å². The fourth-order valence-corrected chi connectivity index (χ4v) is 3.12. The van der Waals surface area contributed by atoms with Gasteiger partial charge in [0.25, 0.3) is 0 Å². The zero-order valence-corrected chi connectivity index (χ0v) is 13.0. The lowest BCUT2D eigenvalue weighted by Gasteiger charge is -2.40. The van der Waals surface area contributed by atoms with E-state index in [4.69, 9.17) is 0 Å². The van der Waals surface area contributed by atoms with Crippen LogP contribution >= 0.6 is 0 Å². The number of carboxylic acid groups (broad SMARTS) is 1. The standard InChI is InChI=1S/C17H25NO3/c1-17(2,3)15(13-9-10-13)18(16(20)21)11-14(19)12-7-5-4-6-8-12/h4-8,13-15,19H,9-11H2,1-3H3,(H,20,21)/t14-,15?/m0/s1. The van der Waals surface area contributed by atoms with Gasteiger partial charge in [0.2, 0.25) is 0 Å². The lowest BCUT2D eigenvalue weighted by atomic mass is 9.82. The largest absolute Gasteiger partial charge is 0.465 e. The van der Waals surface area contributed by atoms with Gasteiger partial charge in [0.05, 0.1) is 12.6 Å². The molecule has 1 aliphatic carbocycles. The van der Waals surface area contributed by atoms with Crippen molar-refractivity contribution in [3.8, 4) is 0 Å². The van der Waals surface area contributed by atoms with E-state index in [0.29, 0.717) is 5.92 Å². The SMILES string of the molecule is CC(C)(C)C(C1CC1)N(C[C@H](O)c1ccccc1)C(=O)O. The molecule has 1 fully saturated rings. The summed E-state index contributed by atoms with van der Waals surface area (Å²) in [5.74, 6) is 0.420. The number of rotatable bonds is 5. The quantitative estimate of drug-likeness (QED) is 0.872. The molecule has 1 aliphatic rings. The van der Waals surface area contributed by atoms with E-state index in [-0.39, 0.29) is 18.0 Å². The highest BCUT2D eigenvalue weighted by molar-refractivity contribution is 5.65. The van der Waals surface area contributed by atoms with Crippen molar-refractivity contribution < 1.29 is 15.0 Å². The Bertz CT molecular complexity index is 477. The second-order valence-corrected chi connectivity index (χ2v) is 7.01. The number of aliphatic hydroxyl groups excluding tert-OH is 1. The third-order valence-corrected chi connectivity index (χ3v) is 4.09. The molecule has 4 heteroatoms. The minimum absolute atomic E-state index is 0.0478. The fourth-order valence-electron chi connectivity index (χ4n) is 3.12. The van der Waals surface area contributed by atoms with Crippen LogP contribution < -0.4 is 0 Å². The maximum atomic E-state index is 11.7. The Balaban J connectivity index is 2.17. The van der Waals surface area contributed by atoms with Crippen LogP contribution in [0.4, 0.5) is 4.79 Å². The van der Waals surface area contributed by atoms with E-state index in [9.17, 15) is 15.0 Å². The second-order valence-electron chi connectivity index (χ2n) is 7.01. The van der Waals surface area contributed by atoms with E-state index in [1.165, 1.54) is 4.90 Å². The van der Waals surface area contributed by atoms with Gasteiger partial charge in [-0.15, -0.1) is 0 Å². The van der Waals surface area contributed by atoms with Gasteiger partial charge >= 0.3 is 6.09 Å². The highest BCUT2D eigenvalue weighted by Crippen LogP contribution is 2.43. The van der Waals surface area contributed by atoms with Gasteiger partial charge in [-0.3, -0.25) is 0 Å². The lowest BCUT2D eigenvalue weighted by Crippen LogP contribution is -2.49. The highest BCUT2D eigenvalue weighted by atomic mass is 16.4. The van der Waals surface area contributed by atoms with Crippen molar-refractivity contribution in [3.05, 3.63) is 35.9 Å². The van der Waals surface area contributed by atoms with E-state index in [0.717, 1.165) is 18.4 Å². The predicted molar refractivity (Wildman–Crippen MR) is 82.1 cm³/mol. The van der Waals surface area contributed by atoms with Crippen molar-refractivity contribution in [1.29, 1.82) is 0 Å². The monoisotopic (exact) mass is 291 g/mol. The van der Waals surface area contributed by atoms with E-state index in [1.807, 2.05) is 30.3 Å². The van der Waals surface area contributed by atoms with Gasteiger partial charge in [-0.25, -0.2) is 4.79 Å². The molecule has 1 amide bonds. The van der Waals surface area contributed by atoms with Crippen LogP contribution in [0.25, 0.3) is 0 Å². The molecule has 2 rings (SSSR count). The Labute approximate surface area is 126 Å². The Morgan fingerprint density at radius 1 is 1.29 bits per heavy atom. The summed E-state index contributed by atoms with van der Waals surface area (Å²) >= 11 is 0. The van der Waals surface area contributed by atoms with Crippen LogP contribution in [-0.4, -0.2) is 33.8 Å². The number of hydrogen-bond acceptors (Lipinski definition) is 2. The Kier molecular flexibility index (Phi) is 4.57. The Hall–Kier alpha value is -1.55. The first-order valence-corrected chi connectivity index (χ1v) is 7.53. The predicted octanol–water partition coefficient (Wildman–Crippen LogP) is 3.52. The maximum absolute atomic E-state index is 11.7. The van der Waals surface area contributed by atoms with Crippen molar-refractivity contribution >= 4 is 6.09 Å². The molecule has 21 heavy (non-hydrogen) atoms. The maximum Gasteiger partial charge on any atom is 0.407 e. The van der Waals surface area contributed by atoms with Gasteiger partial charge in [-0.05, 0) is 29.7 Å². The molecule has 4 nitrogen and oxygen atoms in total. The molecule has 0 aromatic heterocycles. The van der Waals surface area contributed by atoms with E-state index >= 15 is 0 Å². The summed E-state index contributed by atoms with van der Waals surface area (Å²) in [6.45, 7) is 6.33. The van der Waals surface area contributed by atoms with Crippen LogP contribution in [-0.2, 0) is 0 Å². The molecular weight excluding hydrogens is 266 g/mol. The zero-order chi connectivity index (χ0) is 15.6. The van der Waals surface area contributed by atoms with Gasteiger partial charge in [0.1, 0.15) is 0 Å². The van der Waals surface area contributed by atoms with Gasteiger partial charge in [0, 0.05) is 6.04 Å². The summed E-state index contributed by atoms with van der Waals surface area (Å²) in [4.78, 5) is 13.1. The van der Waals surface area contributed by atoms with Gasteiger partial charge in [-0.1, -0.05) is 51.1 Å². The highest BCUT2D eigenvalue weighted by Gasteiger charge is 2.44. The summed E-state index contributed by atoms with van der Waals surface area (Å²) in [6.07, 6.45) is 0.419. The number of carbonyl (C=O) groups is 1. The van der Waals surface area contributed by atoms with Crippen molar-refractivity contribution in [2.45, 2.75) is 45.8 Å². The number of hydrogen-bond donors (Lipinski definition) is 2. The topological polar surface area (TPSA) is 60.8 Å². The molecule has 1 aromatic carbocycles. The number of nitrogens with zero attached hydrogens (tertiary/aromatic N) is 1. The van der Waals surface area contributed by atoms with E-state index < -0.39 is 12.2 Å². The smallest absolute Gasteiger partial charge is 0.407 e. The molecule has 2 atom stereocenters. The molecule has 0 spiro atoms. The van der Waals surface area contributed by atoms with Crippen LogP contribution in [0.5, 0.6) is 0 Å². The zero-order valence-electron chi connectivity index (χ0n) is 13.0. The van der Waals surface area contributed by atoms with Gasteiger partial charge < -0.3 is 15.1 Å². The summed E-state index contributed by atoms with van der Waals surface area (Å²) in [5.41, 5.74) is 0.628. The fraction of sp³-hybridized carbons (Fsp3) is 0.588. The molecule has 0 heterocycles. The van der Waals surface area contributed by atoms with E-state index in [1.54, 1.807) is 0 Å². The normalized spacial score (nSPS) is 18.1. The molecule has 0 saturated heterocycles. The molecular formula is C17H25NO3. The molecule has 1 unspecified atom stereocenters. The molecule has 2 N–H and O–H groups in total. The van der Waals surface area contributed by atoms with Gasteiger partial charge in [0.15, 0.2) is 0 Å². The van der Waals surface area contributed by atoms with Crippen LogP contribution in [0, 0.1) is 11.3 Å². The van der Waals surface area contributed by atoms with Crippen molar-refractivity contribution in [2.75, 3.05) is 6.54 Å². The van der Waals surface area contributed by atoms with Gasteiger partial charge in [-0.2, -0.15) is 0 Å². The minimum Gasteiger partial charge on any atom is -0.465 e. The van der Waals surface area contributed by atoms with Crippen molar-refractivity contribution in [1.82, 2.24) is 4.90 Å². The summed E-state index contributed by atoms with van der Waals surface area (Å²) in [6, 6.07) is 9.20. The van der Waals surface area contributed by atoms with Crippen LogP contribution in [0.15, 0.2) is 30.3 Å². The molecule has 0 aliphatic heterocycles. The summed E-state index contributed by atoms with van der Waals surface area (Å²) in [5, 5.41) is 19.9. The summed E-state index contributed by atoms with van der Waals surface area (Å²) < 4.78 is 0. The molecule has 116 valence electrons. The molecule has 0 radical (unpaired) electrons. The number of amides is 1. The Morgan fingerprint density at radius 3 is 2.29 bits per heavy atom. The van der Waals surface area contributed by atoms with Crippen molar-refractivity contribution in [2.24, 2.45) is 11.3 Å². The molecule has 1 aromatic rings. The first-order chi connectivity index (χ1) is 9.80.